The Labute approximate surface area is 130 Å². The third-order valence-electron chi connectivity index (χ3n) is 3.11. The lowest BCUT2D eigenvalue weighted by atomic mass is 10.2. The molecule has 6 nitrogen and oxygen atoms in total. The van der Waals surface area contributed by atoms with Gasteiger partial charge in [0.25, 0.3) is 0 Å². The zero-order valence-corrected chi connectivity index (χ0v) is 13.5. The van der Waals surface area contributed by atoms with Gasteiger partial charge in [0, 0.05) is 13.1 Å². The summed E-state index contributed by atoms with van der Waals surface area (Å²) in [5.41, 5.74) is 6.36. The second kappa shape index (κ2) is 8.69. The molecule has 0 aliphatic carbocycles. The number of anilines is 2. The number of pyridine rings is 1. The first-order chi connectivity index (χ1) is 10.0. The minimum absolute atomic E-state index is 0.237. The molecule has 21 heavy (non-hydrogen) atoms. The molecule has 0 atom stereocenters. The first-order valence-electron chi connectivity index (χ1n) is 7.12. The standard InChI is InChI=1S/C14H23ClN4O2/c1-4-19(5-2)8-7-17-13-12(14(20)21-6-3)10(16)9-11(15)18-13/h9H,4-8H2,1-3H3,(H3,16,17,18). The molecule has 3 N–H and O–H groups in total. The minimum Gasteiger partial charge on any atom is -0.462 e. The summed E-state index contributed by atoms with van der Waals surface area (Å²) in [5, 5.41) is 3.36. The molecule has 0 amide bonds. The smallest absolute Gasteiger partial charge is 0.344 e. The number of halogens is 1. The van der Waals surface area contributed by atoms with Crippen molar-refractivity contribution in [3.8, 4) is 0 Å². The highest BCUT2D eigenvalue weighted by molar-refractivity contribution is 6.30. The lowest BCUT2D eigenvalue weighted by molar-refractivity contribution is 0.0528. The number of likely N-dealkylation sites (N-methyl/N-ethyl adjacent to an activating group) is 1. The van der Waals surface area contributed by atoms with E-state index in [9.17, 15) is 4.79 Å². The summed E-state index contributed by atoms with van der Waals surface area (Å²) in [6.45, 7) is 9.63. The van der Waals surface area contributed by atoms with Gasteiger partial charge in [-0.2, -0.15) is 0 Å². The predicted molar refractivity (Wildman–Crippen MR) is 85.9 cm³/mol. The Bertz CT molecular complexity index is 478. The molecule has 0 spiro atoms. The maximum absolute atomic E-state index is 12.0. The topological polar surface area (TPSA) is 80.5 Å². The van der Waals surface area contributed by atoms with Crippen LogP contribution in [-0.2, 0) is 4.74 Å². The molecule has 0 unspecified atom stereocenters. The summed E-state index contributed by atoms with van der Waals surface area (Å²) in [6.07, 6.45) is 0. The van der Waals surface area contributed by atoms with E-state index in [-0.39, 0.29) is 23.0 Å². The van der Waals surface area contributed by atoms with Gasteiger partial charge in [-0.25, -0.2) is 9.78 Å². The molecule has 7 heteroatoms. The van der Waals surface area contributed by atoms with Crippen molar-refractivity contribution in [2.45, 2.75) is 20.8 Å². The molecule has 0 radical (unpaired) electrons. The fourth-order valence-corrected chi connectivity index (χ4v) is 2.15. The van der Waals surface area contributed by atoms with Crippen LogP contribution in [0.5, 0.6) is 0 Å². The Balaban J connectivity index is 2.86. The molecule has 0 bridgehead atoms. The Hall–Kier alpha value is -1.53. The van der Waals surface area contributed by atoms with Crippen LogP contribution in [-0.4, -0.2) is 48.6 Å². The highest BCUT2D eigenvalue weighted by Crippen LogP contribution is 2.24. The van der Waals surface area contributed by atoms with E-state index in [4.69, 9.17) is 22.1 Å². The van der Waals surface area contributed by atoms with Crippen LogP contribution in [0.1, 0.15) is 31.1 Å². The van der Waals surface area contributed by atoms with Gasteiger partial charge in [0.05, 0.1) is 12.3 Å². The molecule has 0 aromatic carbocycles. The lowest BCUT2D eigenvalue weighted by Gasteiger charge is -2.19. The van der Waals surface area contributed by atoms with Crippen LogP contribution < -0.4 is 11.1 Å². The van der Waals surface area contributed by atoms with Crippen LogP contribution in [0.3, 0.4) is 0 Å². The van der Waals surface area contributed by atoms with E-state index in [1.165, 1.54) is 6.07 Å². The number of nitrogens with zero attached hydrogens (tertiary/aromatic N) is 2. The van der Waals surface area contributed by atoms with Gasteiger partial charge >= 0.3 is 5.97 Å². The average molecular weight is 315 g/mol. The maximum Gasteiger partial charge on any atom is 0.344 e. The van der Waals surface area contributed by atoms with Crippen LogP contribution >= 0.6 is 11.6 Å². The molecule has 118 valence electrons. The van der Waals surface area contributed by atoms with E-state index in [2.05, 4.69) is 29.0 Å². The van der Waals surface area contributed by atoms with Crippen molar-refractivity contribution in [3.63, 3.8) is 0 Å². The highest BCUT2D eigenvalue weighted by atomic mass is 35.5. The summed E-state index contributed by atoms with van der Waals surface area (Å²) in [6, 6.07) is 1.45. The van der Waals surface area contributed by atoms with Gasteiger partial charge in [0.2, 0.25) is 0 Å². The Morgan fingerprint density at radius 1 is 1.43 bits per heavy atom. The number of esters is 1. The third kappa shape index (κ3) is 5.06. The third-order valence-corrected chi connectivity index (χ3v) is 3.31. The molecule has 1 aromatic rings. The Morgan fingerprint density at radius 3 is 2.67 bits per heavy atom. The number of hydrogen-bond donors (Lipinski definition) is 2. The minimum atomic E-state index is -0.496. The van der Waals surface area contributed by atoms with Crippen molar-refractivity contribution in [3.05, 3.63) is 16.8 Å². The SMILES string of the molecule is CCOC(=O)c1c(N)cc(Cl)nc1NCCN(CC)CC. The largest absolute Gasteiger partial charge is 0.462 e. The molecule has 1 rings (SSSR count). The van der Waals surface area contributed by atoms with E-state index in [1.54, 1.807) is 6.92 Å². The average Bonchev–Trinajstić information content (AvgIpc) is 2.43. The summed E-state index contributed by atoms with van der Waals surface area (Å²) in [5.74, 6) is -0.130. The fraction of sp³-hybridized carbons (Fsp3) is 0.571. The molecule has 0 aliphatic rings. The van der Waals surface area contributed by atoms with Gasteiger partial charge in [-0.3, -0.25) is 0 Å². The second-order valence-corrected chi connectivity index (χ2v) is 4.82. The zero-order chi connectivity index (χ0) is 15.8. The number of rotatable bonds is 8. The van der Waals surface area contributed by atoms with Gasteiger partial charge < -0.3 is 20.7 Å². The summed E-state index contributed by atoms with van der Waals surface area (Å²) in [7, 11) is 0. The summed E-state index contributed by atoms with van der Waals surface area (Å²) >= 11 is 5.91. The number of carbonyl (C=O) groups excluding carboxylic acids is 1. The Morgan fingerprint density at radius 2 is 2.10 bits per heavy atom. The van der Waals surface area contributed by atoms with E-state index in [0.717, 1.165) is 19.6 Å². The van der Waals surface area contributed by atoms with Gasteiger partial charge in [0.1, 0.15) is 16.5 Å². The normalized spacial score (nSPS) is 10.7. The van der Waals surface area contributed by atoms with Crippen LogP contribution in [0.25, 0.3) is 0 Å². The van der Waals surface area contributed by atoms with E-state index >= 15 is 0 Å². The lowest BCUT2D eigenvalue weighted by Crippen LogP contribution is -2.29. The van der Waals surface area contributed by atoms with Crippen LogP contribution in [0.2, 0.25) is 5.15 Å². The molecular weight excluding hydrogens is 292 g/mol. The van der Waals surface area contributed by atoms with E-state index < -0.39 is 5.97 Å². The predicted octanol–water partition coefficient (Wildman–Crippen LogP) is 2.25. The molecular formula is C14H23ClN4O2. The van der Waals surface area contributed by atoms with Crippen LogP contribution in [0.15, 0.2) is 6.07 Å². The van der Waals surface area contributed by atoms with Crippen LogP contribution in [0.4, 0.5) is 11.5 Å². The zero-order valence-electron chi connectivity index (χ0n) is 12.8. The fourth-order valence-electron chi connectivity index (χ4n) is 1.95. The van der Waals surface area contributed by atoms with Crippen molar-refractivity contribution in [1.29, 1.82) is 0 Å². The first kappa shape index (κ1) is 17.5. The van der Waals surface area contributed by atoms with Crippen LogP contribution in [0, 0.1) is 0 Å². The van der Waals surface area contributed by atoms with Gasteiger partial charge in [-0.1, -0.05) is 25.4 Å². The second-order valence-electron chi connectivity index (χ2n) is 4.43. The molecule has 1 aromatic heterocycles. The number of nitrogens with two attached hydrogens (primary N) is 1. The van der Waals surface area contributed by atoms with Gasteiger partial charge in [-0.05, 0) is 26.1 Å². The molecule has 0 fully saturated rings. The molecule has 0 saturated heterocycles. The van der Waals surface area contributed by atoms with Gasteiger partial charge in [-0.15, -0.1) is 0 Å². The summed E-state index contributed by atoms with van der Waals surface area (Å²) in [4.78, 5) is 18.4. The first-order valence-corrected chi connectivity index (χ1v) is 7.50. The number of aromatic nitrogens is 1. The maximum atomic E-state index is 12.0. The van der Waals surface area contributed by atoms with E-state index in [0.29, 0.717) is 12.4 Å². The molecule has 0 aliphatic heterocycles. The van der Waals surface area contributed by atoms with Crippen molar-refractivity contribution in [1.82, 2.24) is 9.88 Å². The molecule has 0 saturated carbocycles. The highest BCUT2D eigenvalue weighted by Gasteiger charge is 2.19. The number of ether oxygens (including phenoxy) is 1. The van der Waals surface area contributed by atoms with Crippen molar-refractivity contribution < 1.29 is 9.53 Å². The van der Waals surface area contributed by atoms with Crippen molar-refractivity contribution in [2.24, 2.45) is 0 Å². The van der Waals surface area contributed by atoms with Gasteiger partial charge in [0.15, 0.2) is 0 Å². The number of nitrogen functional groups attached to an aromatic ring is 1. The number of hydrogen-bond acceptors (Lipinski definition) is 6. The quantitative estimate of drug-likeness (QED) is 0.566. The van der Waals surface area contributed by atoms with E-state index in [1.807, 2.05) is 0 Å². The summed E-state index contributed by atoms with van der Waals surface area (Å²) < 4.78 is 5.01. The Kier molecular flexibility index (Phi) is 7.25. The molecule has 1 heterocycles. The number of carbonyl (C=O) groups is 1. The monoisotopic (exact) mass is 314 g/mol. The van der Waals surface area contributed by atoms with Crippen molar-refractivity contribution >= 4 is 29.1 Å². The number of nitrogens with one attached hydrogen (secondary N) is 1. The van der Waals surface area contributed by atoms with Crippen molar-refractivity contribution in [2.75, 3.05) is 43.8 Å².